The van der Waals surface area contributed by atoms with Crippen LogP contribution in [0.2, 0.25) is 0 Å². The summed E-state index contributed by atoms with van der Waals surface area (Å²) >= 11 is 1.45. The smallest absolute Gasteiger partial charge is 0.341 e. The highest BCUT2D eigenvalue weighted by Gasteiger charge is 2.29. The standard InChI is InChI=1S/C20H21NO6S/c1-11-3-5-13-16(7-11)28-19(18(13)20(23)24-2)21-17(22)9-25-12-4-6-14-15(8-12)27-10-26-14/h4,6,8,11H,3,5,7,9-10H2,1-2H3,(H,21,22)/t11-/m1/s1. The molecular formula is C20H21NO6S. The van der Waals surface area contributed by atoms with Crippen molar-refractivity contribution in [3.05, 3.63) is 34.2 Å². The number of nitrogens with one attached hydrogen (secondary N) is 1. The first kappa shape index (κ1) is 18.6. The maximum atomic E-state index is 12.4. The molecule has 2 aromatic rings. The molecule has 2 aliphatic rings. The molecule has 1 N–H and O–H groups in total. The molecular weight excluding hydrogens is 382 g/mol. The predicted molar refractivity (Wildman–Crippen MR) is 104 cm³/mol. The number of ether oxygens (including phenoxy) is 4. The van der Waals surface area contributed by atoms with Crippen LogP contribution in [0.3, 0.4) is 0 Å². The van der Waals surface area contributed by atoms with Gasteiger partial charge in [-0.2, -0.15) is 0 Å². The van der Waals surface area contributed by atoms with Gasteiger partial charge < -0.3 is 24.3 Å². The number of rotatable bonds is 5. The minimum Gasteiger partial charge on any atom is -0.484 e. The van der Waals surface area contributed by atoms with Gasteiger partial charge in [0, 0.05) is 10.9 Å². The first-order valence-electron chi connectivity index (χ1n) is 9.10. The molecule has 1 atom stereocenters. The number of carbonyl (C=O) groups is 2. The van der Waals surface area contributed by atoms with Gasteiger partial charge in [0.05, 0.1) is 12.7 Å². The van der Waals surface area contributed by atoms with Crippen molar-refractivity contribution in [1.29, 1.82) is 0 Å². The summed E-state index contributed by atoms with van der Waals surface area (Å²) in [7, 11) is 1.35. The van der Waals surface area contributed by atoms with Gasteiger partial charge in [-0.3, -0.25) is 4.79 Å². The molecule has 1 aliphatic carbocycles. The molecule has 0 spiro atoms. The maximum Gasteiger partial charge on any atom is 0.341 e. The van der Waals surface area contributed by atoms with E-state index >= 15 is 0 Å². The summed E-state index contributed by atoms with van der Waals surface area (Å²) in [5, 5.41) is 3.35. The lowest BCUT2D eigenvalue weighted by Crippen LogP contribution is -2.21. The fraction of sp³-hybridized carbons (Fsp3) is 0.400. The van der Waals surface area contributed by atoms with Crippen LogP contribution in [0.5, 0.6) is 17.2 Å². The number of thiophene rings is 1. The van der Waals surface area contributed by atoms with Crippen molar-refractivity contribution in [2.45, 2.75) is 26.2 Å². The third kappa shape index (κ3) is 3.64. The molecule has 7 nitrogen and oxygen atoms in total. The minimum absolute atomic E-state index is 0.178. The Labute approximate surface area is 166 Å². The minimum atomic E-state index is -0.418. The van der Waals surface area contributed by atoms with Gasteiger partial charge >= 0.3 is 5.97 Å². The van der Waals surface area contributed by atoms with E-state index in [1.807, 2.05) is 0 Å². The number of benzene rings is 1. The lowest BCUT2D eigenvalue weighted by atomic mass is 9.88. The van der Waals surface area contributed by atoms with Crippen LogP contribution in [0, 0.1) is 5.92 Å². The summed E-state index contributed by atoms with van der Waals surface area (Å²) in [6.07, 6.45) is 2.75. The molecule has 0 unspecified atom stereocenters. The first-order valence-corrected chi connectivity index (χ1v) is 9.92. The third-order valence-electron chi connectivity index (χ3n) is 4.87. The van der Waals surface area contributed by atoms with Gasteiger partial charge in [0.2, 0.25) is 6.79 Å². The van der Waals surface area contributed by atoms with Crippen molar-refractivity contribution < 1.29 is 28.5 Å². The van der Waals surface area contributed by atoms with E-state index in [4.69, 9.17) is 18.9 Å². The third-order valence-corrected chi connectivity index (χ3v) is 6.04. The Bertz CT molecular complexity index is 922. The van der Waals surface area contributed by atoms with E-state index < -0.39 is 5.97 Å². The Morgan fingerprint density at radius 3 is 2.93 bits per heavy atom. The summed E-state index contributed by atoms with van der Waals surface area (Å²) in [6.45, 7) is 2.19. The number of carbonyl (C=O) groups excluding carboxylic acids is 2. The molecule has 0 fully saturated rings. The normalized spacial score (nSPS) is 17.0. The lowest BCUT2D eigenvalue weighted by Gasteiger charge is -2.18. The monoisotopic (exact) mass is 403 g/mol. The van der Waals surface area contributed by atoms with Crippen molar-refractivity contribution in [3.8, 4) is 17.2 Å². The summed E-state index contributed by atoms with van der Waals surface area (Å²) in [6, 6.07) is 5.13. The topological polar surface area (TPSA) is 83.1 Å². The van der Waals surface area contributed by atoms with Crippen LogP contribution in [0.15, 0.2) is 18.2 Å². The van der Waals surface area contributed by atoms with Gasteiger partial charge in [-0.05, 0) is 42.9 Å². The van der Waals surface area contributed by atoms with E-state index in [2.05, 4.69) is 12.2 Å². The van der Waals surface area contributed by atoms with E-state index in [1.165, 1.54) is 18.4 Å². The highest BCUT2D eigenvalue weighted by atomic mass is 32.1. The Hall–Kier alpha value is -2.74. The van der Waals surface area contributed by atoms with Crippen LogP contribution in [0.4, 0.5) is 5.00 Å². The molecule has 1 aromatic carbocycles. The molecule has 0 radical (unpaired) electrons. The molecule has 148 valence electrons. The second kappa shape index (κ2) is 7.71. The zero-order chi connectivity index (χ0) is 19.7. The predicted octanol–water partition coefficient (Wildman–Crippen LogP) is 3.41. The Morgan fingerprint density at radius 1 is 1.29 bits per heavy atom. The highest BCUT2D eigenvalue weighted by Crippen LogP contribution is 2.40. The second-order valence-corrected chi connectivity index (χ2v) is 8.00. The second-order valence-electron chi connectivity index (χ2n) is 6.90. The summed E-state index contributed by atoms with van der Waals surface area (Å²) in [4.78, 5) is 25.9. The number of hydrogen-bond acceptors (Lipinski definition) is 7. The van der Waals surface area contributed by atoms with E-state index in [9.17, 15) is 9.59 Å². The zero-order valence-corrected chi connectivity index (χ0v) is 16.5. The van der Waals surface area contributed by atoms with Crippen molar-refractivity contribution in [2.75, 3.05) is 25.8 Å². The average molecular weight is 403 g/mol. The Kier molecular flexibility index (Phi) is 5.13. The van der Waals surface area contributed by atoms with Crippen LogP contribution < -0.4 is 19.5 Å². The summed E-state index contributed by atoms with van der Waals surface area (Å²) in [5.41, 5.74) is 1.48. The van der Waals surface area contributed by atoms with Gasteiger partial charge in [0.1, 0.15) is 10.8 Å². The fourth-order valence-corrected chi connectivity index (χ4v) is 4.85. The summed E-state index contributed by atoms with van der Waals surface area (Å²) < 4.78 is 21.0. The van der Waals surface area contributed by atoms with Crippen LogP contribution in [-0.2, 0) is 22.4 Å². The molecule has 1 aliphatic heterocycles. The molecule has 28 heavy (non-hydrogen) atoms. The van der Waals surface area contributed by atoms with Crippen LogP contribution >= 0.6 is 11.3 Å². The molecule has 1 amide bonds. The fourth-order valence-electron chi connectivity index (χ4n) is 3.44. The lowest BCUT2D eigenvalue weighted by molar-refractivity contribution is -0.118. The van der Waals surface area contributed by atoms with Gasteiger partial charge in [0.15, 0.2) is 18.1 Å². The average Bonchev–Trinajstić information content (AvgIpc) is 3.28. The molecule has 1 aromatic heterocycles. The quantitative estimate of drug-likeness (QED) is 0.771. The summed E-state index contributed by atoms with van der Waals surface area (Å²) in [5.74, 6) is 1.55. The van der Waals surface area contributed by atoms with Crippen molar-refractivity contribution in [2.24, 2.45) is 5.92 Å². The molecule has 4 rings (SSSR count). The number of anilines is 1. The molecule has 2 heterocycles. The van der Waals surface area contributed by atoms with E-state index in [0.29, 0.717) is 33.7 Å². The van der Waals surface area contributed by atoms with Crippen molar-refractivity contribution in [1.82, 2.24) is 0 Å². The van der Waals surface area contributed by atoms with E-state index in [1.54, 1.807) is 18.2 Å². The number of amides is 1. The Balaban J connectivity index is 1.46. The molecule has 8 heteroatoms. The first-order chi connectivity index (χ1) is 13.5. The van der Waals surface area contributed by atoms with Gasteiger partial charge in [-0.1, -0.05) is 6.92 Å². The number of esters is 1. The van der Waals surface area contributed by atoms with E-state index in [-0.39, 0.29) is 19.3 Å². The SMILES string of the molecule is COC(=O)c1c(NC(=O)COc2ccc3c(c2)OCO3)sc2c1CC[C@@H](C)C2. The van der Waals surface area contributed by atoms with Gasteiger partial charge in [-0.15, -0.1) is 11.3 Å². The molecule has 0 bridgehead atoms. The van der Waals surface area contributed by atoms with Crippen LogP contribution in [0.1, 0.15) is 34.1 Å². The largest absolute Gasteiger partial charge is 0.484 e. The number of fused-ring (bicyclic) bond motifs is 2. The van der Waals surface area contributed by atoms with Gasteiger partial charge in [0.25, 0.3) is 5.91 Å². The van der Waals surface area contributed by atoms with Crippen LogP contribution in [0.25, 0.3) is 0 Å². The van der Waals surface area contributed by atoms with E-state index in [0.717, 1.165) is 29.7 Å². The van der Waals surface area contributed by atoms with Crippen molar-refractivity contribution >= 4 is 28.2 Å². The number of hydrogen-bond donors (Lipinski definition) is 1. The highest BCUT2D eigenvalue weighted by molar-refractivity contribution is 7.17. The maximum absolute atomic E-state index is 12.4. The van der Waals surface area contributed by atoms with Crippen LogP contribution in [-0.4, -0.2) is 32.4 Å². The molecule has 0 saturated carbocycles. The van der Waals surface area contributed by atoms with Gasteiger partial charge in [-0.25, -0.2) is 4.79 Å². The Morgan fingerprint density at radius 2 is 2.11 bits per heavy atom. The number of methoxy groups -OCH3 is 1. The zero-order valence-electron chi connectivity index (χ0n) is 15.7. The van der Waals surface area contributed by atoms with Crippen molar-refractivity contribution in [3.63, 3.8) is 0 Å². The molecule has 0 saturated heterocycles.